The quantitative estimate of drug-likeness (QED) is 0.701. The largest absolute Gasteiger partial charge is 0.435 e. The molecule has 2 unspecified atom stereocenters. The molecule has 2 rings (SSSR count). The van der Waals surface area contributed by atoms with Crippen LogP contribution in [0.4, 0.5) is 0 Å². The first-order chi connectivity index (χ1) is 7.98. The van der Waals surface area contributed by atoms with E-state index in [0.717, 1.165) is 5.56 Å². The molecule has 0 radical (unpaired) electrons. The molecular formula is C14H18O3. The van der Waals surface area contributed by atoms with Gasteiger partial charge in [-0.1, -0.05) is 51.1 Å². The van der Waals surface area contributed by atoms with Crippen molar-refractivity contribution in [2.24, 2.45) is 5.41 Å². The Hall–Kier alpha value is -1.35. The van der Waals surface area contributed by atoms with E-state index in [-0.39, 0.29) is 17.3 Å². The van der Waals surface area contributed by atoms with E-state index >= 15 is 0 Å². The molecule has 92 valence electrons. The third-order valence-electron chi connectivity index (χ3n) is 2.83. The first-order valence-electron chi connectivity index (χ1n) is 5.85. The van der Waals surface area contributed by atoms with Gasteiger partial charge in [-0.05, 0) is 5.56 Å². The number of esters is 1. The lowest BCUT2D eigenvalue weighted by atomic mass is 9.93. The van der Waals surface area contributed by atoms with Crippen molar-refractivity contribution in [2.45, 2.75) is 33.0 Å². The number of carbonyl (C=O) groups is 1. The Morgan fingerprint density at radius 2 is 1.82 bits per heavy atom. The van der Waals surface area contributed by atoms with Gasteiger partial charge < -0.3 is 9.47 Å². The van der Waals surface area contributed by atoms with Gasteiger partial charge >= 0.3 is 5.97 Å². The molecule has 1 heterocycles. The topological polar surface area (TPSA) is 35.5 Å². The Morgan fingerprint density at radius 3 is 2.35 bits per heavy atom. The van der Waals surface area contributed by atoms with Gasteiger partial charge in [-0.25, -0.2) is 0 Å². The minimum absolute atomic E-state index is 0.183. The molecule has 0 aliphatic carbocycles. The predicted octanol–water partition coefficient (Wildman–Crippen LogP) is 2.72. The maximum absolute atomic E-state index is 11.9. The maximum Gasteiger partial charge on any atom is 0.318 e. The number of carbonyl (C=O) groups excluding carboxylic acids is 1. The highest BCUT2D eigenvalue weighted by molar-refractivity contribution is 5.79. The van der Waals surface area contributed by atoms with E-state index in [1.807, 2.05) is 51.1 Å². The molecule has 0 spiro atoms. The molecule has 1 aliphatic rings. The van der Waals surface area contributed by atoms with E-state index in [1.54, 1.807) is 0 Å². The fourth-order valence-electron chi connectivity index (χ4n) is 1.82. The fourth-order valence-corrected chi connectivity index (χ4v) is 1.82. The second kappa shape index (κ2) is 4.49. The van der Waals surface area contributed by atoms with Crippen LogP contribution in [-0.2, 0) is 14.3 Å². The SMILES string of the molecule is CC(C)(C)C1OCC(c2ccccc2)C(=O)O1. The van der Waals surface area contributed by atoms with E-state index in [4.69, 9.17) is 9.47 Å². The lowest BCUT2D eigenvalue weighted by Crippen LogP contribution is -2.42. The van der Waals surface area contributed by atoms with Crippen molar-refractivity contribution in [3.05, 3.63) is 35.9 Å². The van der Waals surface area contributed by atoms with Crippen LogP contribution in [0.25, 0.3) is 0 Å². The number of rotatable bonds is 1. The summed E-state index contributed by atoms with van der Waals surface area (Å²) in [4.78, 5) is 11.9. The van der Waals surface area contributed by atoms with E-state index in [9.17, 15) is 4.79 Å². The molecule has 1 aliphatic heterocycles. The number of cyclic esters (lactones) is 1. The first kappa shape index (κ1) is 12.1. The summed E-state index contributed by atoms with van der Waals surface area (Å²) in [6.45, 7) is 6.38. The summed E-state index contributed by atoms with van der Waals surface area (Å²) < 4.78 is 11.0. The van der Waals surface area contributed by atoms with Gasteiger partial charge in [-0.15, -0.1) is 0 Å². The monoisotopic (exact) mass is 234 g/mol. The number of hydrogen-bond acceptors (Lipinski definition) is 3. The smallest absolute Gasteiger partial charge is 0.318 e. The molecule has 1 saturated heterocycles. The minimum Gasteiger partial charge on any atom is -0.435 e. The van der Waals surface area contributed by atoms with E-state index in [2.05, 4.69) is 0 Å². The Kier molecular flexibility index (Phi) is 3.20. The Labute approximate surface area is 102 Å². The van der Waals surface area contributed by atoms with Gasteiger partial charge in [0, 0.05) is 5.41 Å². The molecule has 0 aromatic heterocycles. The molecule has 1 fully saturated rings. The van der Waals surface area contributed by atoms with Crippen molar-refractivity contribution in [1.29, 1.82) is 0 Å². The Morgan fingerprint density at radius 1 is 1.18 bits per heavy atom. The third-order valence-corrected chi connectivity index (χ3v) is 2.83. The van der Waals surface area contributed by atoms with Crippen molar-refractivity contribution >= 4 is 5.97 Å². The molecular weight excluding hydrogens is 216 g/mol. The molecule has 0 N–H and O–H groups in total. The van der Waals surface area contributed by atoms with Gasteiger partial charge in [0.2, 0.25) is 6.29 Å². The zero-order chi connectivity index (χ0) is 12.5. The lowest BCUT2D eigenvalue weighted by molar-refractivity contribution is -0.227. The van der Waals surface area contributed by atoms with E-state index in [1.165, 1.54) is 0 Å². The first-order valence-corrected chi connectivity index (χ1v) is 5.85. The lowest BCUT2D eigenvalue weighted by Gasteiger charge is -2.35. The molecule has 0 bridgehead atoms. The zero-order valence-corrected chi connectivity index (χ0v) is 10.5. The van der Waals surface area contributed by atoms with Crippen LogP contribution in [0.15, 0.2) is 30.3 Å². The fraction of sp³-hybridized carbons (Fsp3) is 0.500. The van der Waals surface area contributed by atoms with Crippen LogP contribution < -0.4 is 0 Å². The second-order valence-electron chi connectivity index (χ2n) is 5.43. The van der Waals surface area contributed by atoms with Crippen molar-refractivity contribution in [3.8, 4) is 0 Å². The van der Waals surface area contributed by atoms with Crippen molar-refractivity contribution < 1.29 is 14.3 Å². The highest BCUT2D eigenvalue weighted by Gasteiger charge is 2.37. The van der Waals surface area contributed by atoms with Crippen molar-refractivity contribution in [2.75, 3.05) is 6.61 Å². The third kappa shape index (κ3) is 2.67. The van der Waals surface area contributed by atoms with E-state index < -0.39 is 6.29 Å². The molecule has 17 heavy (non-hydrogen) atoms. The average Bonchev–Trinajstić information content (AvgIpc) is 2.29. The Balaban J connectivity index is 2.10. The summed E-state index contributed by atoms with van der Waals surface area (Å²) in [7, 11) is 0. The van der Waals surface area contributed by atoms with Gasteiger partial charge in [0.05, 0.1) is 6.61 Å². The van der Waals surface area contributed by atoms with Crippen molar-refractivity contribution in [1.82, 2.24) is 0 Å². The van der Waals surface area contributed by atoms with Gasteiger partial charge in [0.15, 0.2) is 0 Å². The second-order valence-corrected chi connectivity index (χ2v) is 5.43. The maximum atomic E-state index is 11.9. The van der Waals surface area contributed by atoms with Crippen LogP contribution in [0.5, 0.6) is 0 Å². The summed E-state index contributed by atoms with van der Waals surface area (Å²) in [5, 5.41) is 0. The van der Waals surface area contributed by atoms with Crippen LogP contribution in [-0.4, -0.2) is 18.9 Å². The highest BCUT2D eigenvalue weighted by Crippen LogP contribution is 2.31. The Bertz CT molecular complexity index is 392. The summed E-state index contributed by atoms with van der Waals surface area (Å²) in [5.74, 6) is -0.489. The van der Waals surface area contributed by atoms with Gasteiger partial charge in [0.1, 0.15) is 5.92 Å². The molecule has 1 aromatic carbocycles. The van der Waals surface area contributed by atoms with Crippen molar-refractivity contribution in [3.63, 3.8) is 0 Å². The standard InChI is InChI=1S/C14H18O3/c1-14(2,3)13-16-9-11(12(15)17-13)10-7-5-4-6-8-10/h4-8,11,13H,9H2,1-3H3. The zero-order valence-electron chi connectivity index (χ0n) is 10.5. The normalized spacial score (nSPS) is 25.5. The van der Waals surface area contributed by atoms with Gasteiger partial charge in [-0.3, -0.25) is 4.79 Å². The van der Waals surface area contributed by atoms with Crippen LogP contribution in [0.1, 0.15) is 32.3 Å². The van der Waals surface area contributed by atoms with Crippen LogP contribution in [0, 0.1) is 5.41 Å². The predicted molar refractivity (Wildman–Crippen MR) is 64.5 cm³/mol. The molecule has 0 saturated carbocycles. The number of benzene rings is 1. The van der Waals surface area contributed by atoms with Crippen LogP contribution >= 0.6 is 0 Å². The van der Waals surface area contributed by atoms with Crippen LogP contribution in [0.3, 0.4) is 0 Å². The molecule has 1 aromatic rings. The molecule has 2 atom stereocenters. The van der Waals surface area contributed by atoms with Gasteiger partial charge in [0.25, 0.3) is 0 Å². The molecule has 3 heteroatoms. The summed E-state index contributed by atoms with van der Waals surface area (Å²) >= 11 is 0. The number of ether oxygens (including phenoxy) is 2. The van der Waals surface area contributed by atoms with Gasteiger partial charge in [-0.2, -0.15) is 0 Å². The summed E-state index contributed by atoms with van der Waals surface area (Å²) in [6.07, 6.45) is -0.449. The van der Waals surface area contributed by atoms with E-state index in [0.29, 0.717) is 6.61 Å². The average molecular weight is 234 g/mol. The summed E-state index contributed by atoms with van der Waals surface area (Å²) in [6, 6.07) is 9.60. The highest BCUT2D eigenvalue weighted by atomic mass is 16.7. The molecule has 3 nitrogen and oxygen atoms in total. The van der Waals surface area contributed by atoms with Crippen LogP contribution in [0.2, 0.25) is 0 Å². The molecule has 0 amide bonds. The number of hydrogen-bond donors (Lipinski definition) is 0. The summed E-state index contributed by atoms with van der Waals surface area (Å²) in [5.41, 5.74) is 0.766. The minimum atomic E-state index is -0.449.